The van der Waals surface area contributed by atoms with E-state index in [2.05, 4.69) is 15.4 Å². The van der Waals surface area contributed by atoms with Crippen LogP contribution in [0, 0.1) is 23.1 Å². The predicted molar refractivity (Wildman–Crippen MR) is 132 cm³/mol. The summed E-state index contributed by atoms with van der Waals surface area (Å²) in [6.45, 7) is 0. The Morgan fingerprint density at radius 2 is 1.86 bits per heavy atom. The lowest BCUT2D eigenvalue weighted by molar-refractivity contribution is 0.376. The van der Waals surface area contributed by atoms with Crippen LogP contribution in [0.5, 0.6) is 5.75 Å². The summed E-state index contributed by atoms with van der Waals surface area (Å²) in [4.78, 5) is 12.6. The van der Waals surface area contributed by atoms with Crippen molar-refractivity contribution in [2.45, 2.75) is 75.4 Å². The molecule has 3 aromatic rings. The largest absolute Gasteiger partial charge is 0.494 e. The van der Waals surface area contributed by atoms with Gasteiger partial charge in [-0.05, 0) is 69.1 Å². The van der Waals surface area contributed by atoms with E-state index in [4.69, 9.17) is 20.4 Å². The second-order valence-corrected chi connectivity index (χ2v) is 10.3. The van der Waals surface area contributed by atoms with Gasteiger partial charge in [0.25, 0.3) is 0 Å². The van der Waals surface area contributed by atoms with E-state index < -0.39 is 5.82 Å². The van der Waals surface area contributed by atoms with Crippen molar-refractivity contribution in [2.24, 2.45) is 11.7 Å². The molecular weight excluding hydrogens is 443 g/mol. The van der Waals surface area contributed by atoms with Crippen molar-refractivity contribution in [3.63, 3.8) is 0 Å². The molecule has 35 heavy (non-hydrogen) atoms. The Morgan fingerprint density at radius 1 is 1.11 bits per heavy atom. The van der Waals surface area contributed by atoms with Gasteiger partial charge in [-0.2, -0.15) is 5.26 Å². The van der Waals surface area contributed by atoms with Crippen LogP contribution in [0.2, 0.25) is 0 Å². The van der Waals surface area contributed by atoms with Crippen LogP contribution < -0.4 is 15.4 Å². The van der Waals surface area contributed by atoms with Gasteiger partial charge >= 0.3 is 0 Å². The maximum absolute atomic E-state index is 14.8. The molecule has 2 aliphatic heterocycles. The van der Waals surface area contributed by atoms with Crippen molar-refractivity contribution in [1.29, 1.82) is 5.26 Å². The summed E-state index contributed by atoms with van der Waals surface area (Å²) in [6, 6.07) is 8.52. The average Bonchev–Trinajstić information content (AvgIpc) is 3.46. The van der Waals surface area contributed by atoms with E-state index in [1.54, 1.807) is 12.3 Å². The molecule has 0 spiro atoms. The van der Waals surface area contributed by atoms with Gasteiger partial charge in [-0.15, -0.1) is 0 Å². The van der Waals surface area contributed by atoms with Crippen LogP contribution in [0.25, 0.3) is 16.8 Å². The third-order valence-electron chi connectivity index (χ3n) is 8.29. The molecule has 0 amide bonds. The molecule has 3 fully saturated rings. The number of imidazole rings is 1. The standard InChI is InChI=1S/C27H31FN6O/c1-35-23-9-6-18(12-22(23)28)24-25(17-4-2-16(15-29)3-5-17)32-27(33-11-10-31-26(24)33)34-20-7-8-21(34)14-19(30)13-20/h6,9-12,16-17,19-21H,2-5,7-8,13-14,30H2,1H3. The Balaban J connectivity index is 1.53. The third kappa shape index (κ3) is 3.73. The van der Waals surface area contributed by atoms with Gasteiger partial charge < -0.3 is 15.4 Å². The minimum absolute atomic E-state index is 0.0992. The fourth-order valence-electron chi connectivity index (χ4n) is 6.60. The molecule has 6 rings (SSSR count). The summed E-state index contributed by atoms with van der Waals surface area (Å²) >= 11 is 0. The fourth-order valence-corrected chi connectivity index (χ4v) is 6.60. The smallest absolute Gasteiger partial charge is 0.212 e. The molecule has 1 aliphatic carbocycles. The van der Waals surface area contributed by atoms with Crippen molar-refractivity contribution < 1.29 is 9.13 Å². The lowest BCUT2D eigenvalue weighted by Crippen LogP contribution is -2.48. The van der Waals surface area contributed by atoms with Gasteiger partial charge in [-0.3, -0.25) is 4.40 Å². The SMILES string of the molecule is COc1ccc(-c2c(C3CCC(C#N)CC3)nc(N3C4CCC3CC(N)C4)n3ccnc23)cc1F. The monoisotopic (exact) mass is 474 g/mol. The van der Waals surface area contributed by atoms with E-state index in [0.717, 1.165) is 79.8 Å². The van der Waals surface area contributed by atoms with Crippen molar-refractivity contribution in [3.8, 4) is 22.9 Å². The molecule has 8 heteroatoms. The Bertz CT molecular complexity index is 1280. The minimum Gasteiger partial charge on any atom is -0.494 e. The van der Waals surface area contributed by atoms with E-state index in [1.807, 2.05) is 12.3 Å². The lowest BCUT2D eigenvalue weighted by Gasteiger charge is -2.39. The van der Waals surface area contributed by atoms with Crippen molar-refractivity contribution in [1.82, 2.24) is 14.4 Å². The first-order chi connectivity index (χ1) is 17.1. The number of hydrogen-bond donors (Lipinski definition) is 1. The number of anilines is 1. The van der Waals surface area contributed by atoms with Crippen LogP contribution in [-0.2, 0) is 0 Å². The number of piperidine rings is 1. The molecule has 2 saturated heterocycles. The zero-order chi connectivity index (χ0) is 24.1. The van der Waals surface area contributed by atoms with Crippen LogP contribution in [0.3, 0.4) is 0 Å². The number of fused-ring (bicyclic) bond motifs is 3. The molecule has 1 saturated carbocycles. The summed E-state index contributed by atoms with van der Waals surface area (Å²) in [7, 11) is 1.47. The first-order valence-electron chi connectivity index (χ1n) is 12.7. The third-order valence-corrected chi connectivity index (χ3v) is 8.29. The van der Waals surface area contributed by atoms with Gasteiger partial charge in [0.05, 0.1) is 18.9 Å². The van der Waals surface area contributed by atoms with Gasteiger partial charge in [-0.1, -0.05) is 6.07 Å². The second-order valence-electron chi connectivity index (χ2n) is 10.3. The minimum atomic E-state index is -0.402. The molecule has 2 aromatic heterocycles. The zero-order valence-corrected chi connectivity index (χ0v) is 20.0. The first kappa shape index (κ1) is 22.3. The summed E-state index contributed by atoms with van der Waals surface area (Å²) < 4.78 is 22.1. The number of halogens is 1. The quantitative estimate of drug-likeness (QED) is 0.584. The molecule has 7 nitrogen and oxygen atoms in total. The molecule has 4 heterocycles. The van der Waals surface area contributed by atoms with Gasteiger partial charge in [0.15, 0.2) is 11.6 Å². The molecule has 2 atom stereocenters. The van der Waals surface area contributed by atoms with Crippen molar-refractivity contribution in [3.05, 3.63) is 42.1 Å². The van der Waals surface area contributed by atoms with E-state index in [9.17, 15) is 9.65 Å². The summed E-state index contributed by atoms with van der Waals surface area (Å²) in [6.07, 6.45) is 11.5. The summed E-state index contributed by atoms with van der Waals surface area (Å²) in [5.41, 5.74) is 9.75. The molecule has 1 aromatic carbocycles. The highest BCUT2D eigenvalue weighted by Gasteiger charge is 2.42. The van der Waals surface area contributed by atoms with Gasteiger partial charge in [0, 0.05) is 47.9 Å². The predicted octanol–water partition coefficient (Wildman–Crippen LogP) is 4.80. The zero-order valence-electron chi connectivity index (χ0n) is 20.0. The number of rotatable bonds is 4. The van der Waals surface area contributed by atoms with E-state index in [1.165, 1.54) is 13.2 Å². The normalized spacial score (nSPS) is 28.3. The van der Waals surface area contributed by atoms with Crippen LogP contribution >= 0.6 is 0 Å². The maximum atomic E-state index is 14.8. The highest BCUT2D eigenvalue weighted by Crippen LogP contribution is 2.44. The topological polar surface area (TPSA) is 92.5 Å². The summed E-state index contributed by atoms with van der Waals surface area (Å²) in [5.74, 6) is 1.04. The highest BCUT2D eigenvalue weighted by molar-refractivity contribution is 5.82. The Hall–Kier alpha value is -3.18. The molecule has 0 radical (unpaired) electrons. The van der Waals surface area contributed by atoms with Crippen LogP contribution in [0.1, 0.15) is 63.0 Å². The number of methoxy groups -OCH3 is 1. The number of hydrogen-bond acceptors (Lipinski definition) is 6. The van der Waals surface area contributed by atoms with Crippen LogP contribution in [0.4, 0.5) is 10.3 Å². The molecule has 2 unspecified atom stereocenters. The fraction of sp³-hybridized carbons (Fsp3) is 0.519. The molecule has 2 bridgehead atoms. The Labute approximate surface area is 204 Å². The number of nitrogens with two attached hydrogens (primary N) is 1. The van der Waals surface area contributed by atoms with Crippen LogP contribution in [-0.4, -0.2) is 39.6 Å². The van der Waals surface area contributed by atoms with Crippen molar-refractivity contribution >= 4 is 11.6 Å². The molecular formula is C27H31FN6O. The average molecular weight is 475 g/mol. The van der Waals surface area contributed by atoms with Gasteiger partial charge in [0.2, 0.25) is 5.95 Å². The van der Waals surface area contributed by atoms with E-state index in [-0.39, 0.29) is 23.6 Å². The molecule has 3 aliphatic rings. The van der Waals surface area contributed by atoms with E-state index >= 15 is 0 Å². The number of ether oxygens (including phenoxy) is 1. The highest BCUT2D eigenvalue weighted by atomic mass is 19.1. The Kier molecular flexibility index (Phi) is 5.60. The second kappa shape index (κ2) is 8.80. The number of nitrogens with zero attached hydrogens (tertiary/aromatic N) is 5. The maximum Gasteiger partial charge on any atom is 0.212 e. The first-order valence-corrected chi connectivity index (χ1v) is 12.7. The van der Waals surface area contributed by atoms with Crippen LogP contribution in [0.15, 0.2) is 30.6 Å². The van der Waals surface area contributed by atoms with Gasteiger partial charge in [0.1, 0.15) is 5.65 Å². The lowest BCUT2D eigenvalue weighted by atomic mass is 9.79. The van der Waals surface area contributed by atoms with Gasteiger partial charge in [-0.25, -0.2) is 14.4 Å². The van der Waals surface area contributed by atoms with E-state index in [0.29, 0.717) is 12.1 Å². The van der Waals surface area contributed by atoms with Crippen molar-refractivity contribution in [2.75, 3.05) is 12.0 Å². The molecule has 182 valence electrons. The number of aromatic nitrogens is 3. The number of benzene rings is 1. The molecule has 2 N–H and O–H groups in total. The summed E-state index contributed by atoms with van der Waals surface area (Å²) in [5, 5.41) is 9.43. The Morgan fingerprint density at radius 3 is 2.51 bits per heavy atom. The number of nitriles is 1.